The normalized spacial score (nSPS) is 10.3. The van der Waals surface area contributed by atoms with Gasteiger partial charge in [0.05, 0.1) is 7.11 Å². The van der Waals surface area contributed by atoms with Crippen LogP contribution >= 0.6 is 11.6 Å². The number of carbonyl (C=O) groups excluding carboxylic acids is 1. The van der Waals surface area contributed by atoms with Crippen LogP contribution in [0.5, 0.6) is 5.75 Å². The molecule has 0 aliphatic rings. The molecule has 0 aliphatic heterocycles. The highest BCUT2D eigenvalue weighted by atomic mass is 35.5. The van der Waals surface area contributed by atoms with Crippen molar-refractivity contribution in [1.82, 2.24) is 4.90 Å². The van der Waals surface area contributed by atoms with Crippen molar-refractivity contribution in [2.75, 3.05) is 26.6 Å². The molecule has 1 rings (SSSR count). The summed E-state index contributed by atoms with van der Waals surface area (Å²) in [6.07, 6.45) is 0.769. The van der Waals surface area contributed by atoms with Gasteiger partial charge in [-0.2, -0.15) is 0 Å². The van der Waals surface area contributed by atoms with Gasteiger partial charge in [-0.05, 0) is 31.4 Å². The Balaban J connectivity index is 2.81. The van der Waals surface area contributed by atoms with Gasteiger partial charge in [0.1, 0.15) is 11.6 Å². The number of methoxy groups -OCH3 is 1. The van der Waals surface area contributed by atoms with E-state index in [2.05, 4.69) is 19.1 Å². The van der Waals surface area contributed by atoms with E-state index in [1.165, 1.54) is 5.56 Å². The Morgan fingerprint density at radius 3 is 2.61 bits per heavy atom. The fourth-order valence-electron chi connectivity index (χ4n) is 2.04. The summed E-state index contributed by atoms with van der Waals surface area (Å²) in [4.78, 5) is 13.0. The van der Waals surface area contributed by atoms with Crippen LogP contribution in [0.2, 0.25) is 0 Å². The molecule has 0 heterocycles. The molecule has 0 fully saturated rings. The van der Waals surface area contributed by atoms with Gasteiger partial charge >= 0.3 is 0 Å². The second-order valence-electron chi connectivity index (χ2n) is 4.47. The number of hydrogen-bond acceptors (Lipinski definition) is 2. The number of ether oxygens (including phenoxy) is 1. The molecule has 0 N–H and O–H groups in total. The van der Waals surface area contributed by atoms with Gasteiger partial charge < -0.3 is 9.64 Å². The number of likely N-dealkylation sites (N-methyl/N-ethyl adjacent to an activating group) is 1. The molecule has 1 aromatic rings. The molecule has 0 radical (unpaired) electrons. The molecule has 0 unspecified atom stereocenters. The third kappa shape index (κ3) is 3.64. The third-order valence-electron chi connectivity index (χ3n) is 2.96. The molecule has 0 bridgehead atoms. The largest absolute Gasteiger partial charge is 0.496 e. The topological polar surface area (TPSA) is 29.5 Å². The number of carbonyl (C=O) groups is 1. The first-order chi connectivity index (χ1) is 8.49. The molecule has 3 nitrogen and oxygen atoms in total. The number of aryl methyl sites for hydroxylation is 2. The van der Waals surface area contributed by atoms with Crippen LogP contribution in [0.1, 0.15) is 16.7 Å². The van der Waals surface area contributed by atoms with E-state index in [1.54, 1.807) is 19.1 Å². The maximum absolute atomic E-state index is 11.4. The smallest absolute Gasteiger partial charge is 0.237 e. The van der Waals surface area contributed by atoms with Crippen molar-refractivity contribution in [2.45, 2.75) is 20.3 Å². The minimum Gasteiger partial charge on any atom is -0.496 e. The molecule has 0 spiro atoms. The third-order valence-corrected chi connectivity index (χ3v) is 3.19. The number of rotatable bonds is 5. The summed E-state index contributed by atoms with van der Waals surface area (Å²) >= 11 is 5.52. The van der Waals surface area contributed by atoms with Gasteiger partial charge in [-0.3, -0.25) is 4.79 Å². The van der Waals surface area contributed by atoms with Crippen molar-refractivity contribution in [2.24, 2.45) is 0 Å². The van der Waals surface area contributed by atoms with Crippen LogP contribution in [0.3, 0.4) is 0 Å². The molecule has 0 saturated heterocycles. The summed E-state index contributed by atoms with van der Waals surface area (Å²) in [5, 5.41) is 0. The molecule has 0 aromatic heterocycles. The standard InChI is InChI=1S/C14H20ClNO2/c1-10-7-11(2)14(18-4)12(8-10)5-6-16(3)13(17)9-15/h7-8H,5-6,9H2,1-4H3. The summed E-state index contributed by atoms with van der Waals surface area (Å²) in [6, 6.07) is 4.20. The monoisotopic (exact) mass is 269 g/mol. The molecule has 4 heteroatoms. The van der Waals surface area contributed by atoms with E-state index < -0.39 is 0 Å². The summed E-state index contributed by atoms with van der Waals surface area (Å²) in [5.74, 6) is 0.882. The Labute approximate surface area is 114 Å². The molecule has 1 aromatic carbocycles. The fourth-order valence-corrected chi connectivity index (χ4v) is 2.24. The van der Waals surface area contributed by atoms with E-state index >= 15 is 0 Å². The van der Waals surface area contributed by atoms with Crippen molar-refractivity contribution in [3.8, 4) is 5.75 Å². The van der Waals surface area contributed by atoms with Crippen molar-refractivity contribution >= 4 is 17.5 Å². The van der Waals surface area contributed by atoms with Crippen LogP contribution < -0.4 is 4.74 Å². The van der Waals surface area contributed by atoms with Gasteiger partial charge in [-0.15, -0.1) is 11.6 Å². The predicted octanol–water partition coefficient (Wildman–Crippen LogP) is 2.55. The first-order valence-corrected chi connectivity index (χ1v) is 6.47. The molecular weight excluding hydrogens is 250 g/mol. The lowest BCUT2D eigenvalue weighted by Gasteiger charge is -2.18. The minimum atomic E-state index is -0.0555. The van der Waals surface area contributed by atoms with Crippen LogP contribution in [0, 0.1) is 13.8 Å². The van der Waals surface area contributed by atoms with E-state index in [0.717, 1.165) is 23.3 Å². The lowest BCUT2D eigenvalue weighted by Crippen LogP contribution is -2.29. The van der Waals surface area contributed by atoms with Gasteiger partial charge in [0, 0.05) is 13.6 Å². The number of alkyl halides is 1. The molecule has 0 aliphatic carbocycles. The number of benzene rings is 1. The second-order valence-corrected chi connectivity index (χ2v) is 4.74. The number of hydrogen-bond donors (Lipinski definition) is 0. The predicted molar refractivity (Wildman–Crippen MR) is 74.5 cm³/mol. The van der Waals surface area contributed by atoms with E-state index in [-0.39, 0.29) is 11.8 Å². The Bertz CT molecular complexity index is 432. The Hall–Kier alpha value is -1.22. The summed E-state index contributed by atoms with van der Waals surface area (Å²) < 4.78 is 5.42. The molecule has 0 atom stereocenters. The van der Waals surface area contributed by atoms with E-state index in [1.807, 2.05) is 6.92 Å². The van der Waals surface area contributed by atoms with Crippen molar-refractivity contribution in [3.63, 3.8) is 0 Å². The lowest BCUT2D eigenvalue weighted by atomic mass is 10.0. The van der Waals surface area contributed by atoms with Crippen LogP contribution in [-0.2, 0) is 11.2 Å². The van der Waals surface area contributed by atoms with E-state index in [4.69, 9.17) is 16.3 Å². The number of amides is 1. The Morgan fingerprint density at radius 2 is 2.06 bits per heavy atom. The number of nitrogens with zero attached hydrogens (tertiary/aromatic N) is 1. The van der Waals surface area contributed by atoms with Crippen molar-refractivity contribution in [3.05, 3.63) is 28.8 Å². The van der Waals surface area contributed by atoms with Gasteiger partial charge in [0.25, 0.3) is 0 Å². The zero-order chi connectivity index (χ0) is 13.7. The van der Waals surface area contributed by atoms with E-state index in [9.17, 15) is 4.79 Å². The van der Waals surface area contributed by atoms with Crippen LogP contribution in [0.15, 0.2) is 12.1 Å². The van der Waals surface area contributed by atoms with E-state index in [0.29, 0.717) is 6.54 Å². The zero-order valence-electron chi connectivity index (χ0n) is 11.4. The van der Waals surface area contributed by atoms with Gasteiger partial charge in [-0.25, -0.2) is 0 Å². The summed E-state index contributed by atoms with van der Waals surface area (Å²) in [5.41, 5.74) is 3.46. The highest BCUT2D eigenvalue weighted by Gasteiger charge is 2.11. The Kier molecular flexibility index (Phi) is 5.48. The van der Waals surface area contributed by atoms with Crippen LogP contribution in [0.25, 0.3) is 0 Å². The first-order valence-electron chi connectivity index (χ1n) is 5.93. The van der Waals surface area contributed by atoms with Crippen molar-refractivity contribution in [1.29, 1.82) is 0 Å². The fraction of sp³-hybridized carbons (Fsp3) is 0.500. The number of halogens is 1. The maximum Gasteiger partial charge on any atom is 0.237 e. The molecule has 0 saturated carbocycles. The summed E-state index contributed by atoms with van der Waals surface area (Å²) in [7, 11) is 3.44. The highest BCUT2D eigenvalue weighted by Crippen LogP contribution is 2.25. The van der Waals surface area contributed by atoms with Gasteiger partial charge in [0.2, 0.25) is 5.91 Å². The summed E-state index contributed by atoms with van der Waals surface area (Å²) in [6.45, 7) is 4.73. The van der Waals surface area contributed by atoms with Crippen LogP contribution in [0.4, 0.5) is 0 Å². The first kappa shape index (κ1) is 14.8. The van der Waals surface area contributed by atoms with Gasteiger partial charge in [-0.1, -0.05) is 17.7 Å². The second kappa shape index (κ2) is 6.64. The average molecular weight is 270 g/mol. The van der Waals surface area contributed by atoms with Crippen LogP contribution in [-0.4, -0.2) is 37.4 Å². The quantitative estimate of drug-likeness (QED) is 0.769. The molecular formula is C14H20ClNO2. The SMILES string of the molecule is COc1c(C)cc(C)cc1CCN(C)C(=O)CCl. The lowest BCUT2D eigenvalue weighted by molar-refractivity contribution is -0.127. The van der Waals surface area contributed by atoms with Gasteiger partial charge in [0.15, 0.2) is 0 Å². The van der Waals surface area contributed by atoms with Crippen molar-refractivity contribution < 1.29 is 9.53 Å². The zero-order valence-corrected chi connectivity index (χ0v) is 12.2. The Morgan fingerprint density at radius 1 is 1.39 bits per heavy atom. The average Bonchev–Trinajstić information content (AvgIpc) is 2.34. The molecule has 1 amide bonds. The minimum absolute atomic E-state index is 0.0283. The highest BCUT2D eigenvalue weighted by molar-refractivity contribution is 6.27. The molecule has 100 valence electrons. The molecule has 18 heavy (non-hydrogen) atoms. The maximum atomic E-state index is 11.4.